The Morgan fingerprint density at radius 2 is 1.43 bits per heavy atom. The van der Waals surface area contributed by atoms with Gasteiger partial charge in [-0.3, -0.25) is 20.2 Å². The van der Waals surface area contributed by atoms with E-state index in [2.05, 4.69) is 0 Å². The molecule has 0 unspecified atom stereocenters. The molecule has 146 valence electrons. The molecule has 0 N–H and O–H groups in total. The molecule has 10 nitrogen and oxygen atoms in total. The summed E-state index contributed by atoms with van der Waals surface area (Å²) in [5.74, 6) is -0.629. The fourth-order valence-corrected chi connectivity index (χ4v) is 2.79. The fraction of sp³-hybridized carbons (Fsp3) is 0.278. The maximum atomic E-state index is 12.3. The van der Waals surface area contributed by atoms with Gasteiger partial charge in [-0.25, -0.2) is 4.79 Å². The van der Waals surface area contributed by atoms with Gasteiger partial charge >= 0.3 is 5.97 Å². The first-order valence-corrected chi connectivity index (χ1v) is 8.37. The monoisotopic (exact) mass is 388 g/mol. The van der Waals surface area contributed by atoms with Gasteiger partial charge in [0.1, 0.15) is 6.10 Å². The molecule has 0 radical (unpaired) electrons. The number of carbonyl (C=O) groups excluding carboxylic acids is 1. The Hall–Kier alpha value is -3.37. The molecule has 1 saturated heterocycles. The fourth-order valence-electron chi connectivity index (χ4n) is 2.79. The van der Waals surface area contributed by atoms with Gasteiger partial charge in [0, 0.05) is 29.8 Å². The minimum atomic E-state index is -1.08. The molecule has 0 bridgehead atoms. The quantitative estimate of drug-likeness (QED) is 0.419. The standard InChI is InChI=1S/C18H16N2O8/c1-2-26-17(21)16-15(11-3-7-13(8-4-11)19(22)23)27-18(28-16)12-5-9-14(10-6-12)20(24)25/h3-10,15-16,18H,2H2,1H3/t15-,16-,18+/m1/s1. The molecule has 10 heteroatoms. The van der Waals surface area contributed by atoms with Crippen LogP contribution in [0.1, 0.15) is 30.4 Å². The second kappa shape index (κ2) is 8.11. The Morgan fingerprint density at radius 3 is 1.89 bits per heavy atom. The number of non-ortho nitro benzene ring substituents is 2. The third-order valence-electron chi connectivity index (χ3n) is 4.14. The minimum Gasteiger partial charge on any atom is -0.464 e. The van der Waals surface area contributed by atoms with E-state index in [-0.39, 0.29) is 18.0 Å². The zero-order valence-corrected chi connectivity index (χ0v) is 14.7. The molecule has 3 rings (SSSR count). The lowest BCUT2D eigenvalue weighted by Crippen LogP contribution is -2.28. The molecule has 28 heavy (non-hydrogen) atoms. The highest BCUT2D eigenvalue weighted by molar-refractivity contribution is 5.76. The summed E-state index contributed by atoms with van der Waals surface area (Å²) in [6, 6.07) is 11.1. The van der Waals surface area contributed by atoms with Crippen LogP contribution in [0.25, 0.3) is 0 Å². The van der Waals surface area contributed by atoms with Gasteiger partial charge in [-0.2, -0.15) is 0 Å². The van der Waals surface area contributed by atoms with E-state index in [4.69, 9.17) is 14.2 Å². The molecule has 2 aromatic carbocycles. The van der Waals surface area contributed by atoms with Crippen LogP contribution in [0.15, 0.2) is 48.5 Å². The maximum Gasteiger partial charge on any atom is 0.338 e. The van der Waals surface area contributed by atoms with Crippen molar-refractivity contribution in [3.05, 3.63) is 79.9 Å². The molecule has 1 aliphatic heterocycles. The molecule has 1 fully saturated rings. The normalized spacial score (nSPS) is 21.2. The summed E-state index contributed by atoms with van der Waals surface area (Å²) < 4.78 is 16.6. The van der Waals surface area contributed by atoms with Crippen molar-refractivity contribution < 1.29 is 28.9 Å². The van der Waals surface area contributed by atoms with Crippen molar-refractivity contribution >= 4 is 17.3 Å². The maximum absolute atomic E-state index is 12.3. The Labute approximate surface area is 158 Å². The van der Waals surface area contributed by atoms with Crippen LogP contribution in [0, 0.1) is 20.2 Å². The van der Waals surface area contributed by atoms with Crippen LogP contribution in [-0.4, -0.2) is 28.5 Å². The van der Waals surface area contributed by atoms with Crippen molar-refractivity contribution in [1.29, 1.82) is 0 Å². The highest BCUT2D eigenvalue weighted by Crippen LogP contribution is 2.41. The van der Waals surface area contributed by atoms with Gasteiger partial charge in [0.15, 0.2) is 12.4 Å². The first kappa shape index (κ1) is 19.4. The summed E-state index contributed by atoms with van der Waals surface area (Å²) in [7, 11) is 0. The topological polar surface area (TPSA) is 131 Å². The number of ether oxygens (including phenoxy) is 3. The van der Waals surface area contributed by atoms with Crippen LogP contribution < -0.4 is 0 Å². The number of carbonyl (C=O) groups is 1. The third-order valence-corrected chi connectivity index (χ3v) is 4.14. The summed E-state index contributed by atoms with van der Waals surface area (Å²) in [6.07, 6.45) is -2.88. The lowest BCUT2D eigenvalue weighted by Gasteiger charge is -2.15. The van der Waals surface area contributed by atoms with Gasteiger partial charge in [-0.05, 0) is 36.8 Å². The van der Waals surface area contributed by atoms with Crippen LogP contribution in [0.2, 0.25) is 0 Å². The van der Waals surface area contributed by atoms with E-state index in [0.717, 1.165) is 0 Å². The molecule has 1 heterocycles. The molecule has 0 spiro atoms. The number of benzene rings is 2. The zero-order valence-electron chi connectivity index (χ0n) is 14.7. The highest BCUT2D eigenvalue weighted by Gasteiger charge is 2.43. The van der Waals surface area contributed by atoms with Crippen molar-refractivity contribution in [3.8, 4) is 0 Å². The minimum absolute atomic E-state index is 0.0874. The summed E-state index contributed by atoms with van der Waals surface area (Å²) in [5.41, 5.74) is 0.815. The first-order valence-electron chi connectivity index (χ1n) is 8.37. The SMILES string of the molecule is CCOC(=O)[C@@H]1O[C@@H](c2ccc([N+](=O)[O-])cc2)O[C@@H]1c1ccc([N+](=O)[O-])cc1. The van der Waals surface area contributed by atoms with Crippen molar-refractivity contribution in [2.45, 2.75) is 25.4 Å². The highest BCUT2D eigenvalue weighted by atomic mass is 16.7. The van der Waals surface area contributed by atoms with Gasteiger partial charge in [0.05, 0.1) is 16.5 Å². The molecule has 0 aliphatic carbocycles. The van der Waals surface area contributed by atoms with Crippen molar-refractivity contribution in [2.75, 3.05) is 6.61 Å². The predicted octanol–water partition coefficient (Wildman–Crippen LogP) is 3.22. The smallest absolute Gasteiger partial charge is 0.338 e. The second-order valence-corrected chi connectivity index (χ2v) is 5.89. The van der Waals surface area contributed by atoms with E-state index < -0.39 is 34.3 Å². The third kappa shape index (κ3) is 3.97. The Balaban J connectivity index is 1.87. The van der Waals surface area contributed by atoms with Crippen molar-refractivity contribution in [3.63, 3.8) is 0 Å². The van der Waals surface area contributed by atoms with E-state index in [1.54, 1.807) is 6.92 Å². The summed E-state index contributed by atoms with van der Waals surface area (Å²) in [6.45, 7) is 1.80. The van der Waals surface area contributed by atoms with Crippen LogP contribution in [0.5, 0.6) is 0 Å². The number of hydrogen-bond donors (Lipinski definition) is 0. The zero-order chi connectivity index (χ0) is 20.3. The van der Waals surface area contributed by atoms with E-state index in [1.165, 1.54) is 48.5 Å². The molecule has 0 aromatic heterocycles. The summed E-state index contributed by atoms with van der Waals surface area (Å²) >= 11 is 0. The largest absolute Gasteiger partial charge is 0.464 e. The predicted molar refractivity (Wildman–Crippen MR) is 94.3 cm³/mol. The molecule has 3 atom stereocenters. The number of nitrogens with zero attached hydrogens (tertiary/aromatic N) is 2. The molecule has 2 aromatic rings. The van der Waals surface area contributed by atoms with E-state index in [1.807, 2.05) is 0 Å². The second-order valence-electron chi connectivity index (χ2n) is 5.89. The molecule has 1 aliphatic rings. The number of nitro benzene ring substituents is 2. The van der Waals surface area contributed by atoms with Crippen LogP contribution >= 0.6 is 0 Å². The average molecular weight is 388 g/mol. The van der Waals surface area contributed by atoms with Gasteiger partial charge in [0.25, 0.3) is 11.4 Å². The average Bonchev–Trinajstić information content (AvgIpc) is 3.14. The van der Waals surface area contributed by atoms with Gasteiger partial charge in [0.2, 0.25) is 0 Å². The molecule has 0 saturated carbocycles. The number of hydrogen-bond acceptors (Lipinski definition) is 8. The van der Waals surface area contributed by atoms with E-state index >= 15 is 0 Å². The van der Waals surface area contributed by atoms with Gasteiger partial charge < -0.3 is 14.2 Å². The van der Waals surface area contributed by atoms with Gasteiger partial charge in [-0.15, -0.1) is 0 Å². The summed E-state index contributed by atoms with van der Waals surface area (Å²) in [5, 5.41) is 21.6. The first-order chi connectivity index (χ1) is 13.4. The van der Waals surface area contributed by atoms with Crippen LogP contribution in [0.3, 0.4) is 0 Å². The Morgan fingerprint density at radius 1 is 0.929 bits per heavy atom. The lowest BCUT2D eigenvalue weighted by molar-refractivity contribution is -0.385. The molecular formula is C18H16N2O8. The summed E-state index contributed by atoms with van der Waals surface area (Å²) in [4.78, 5) is 32.9. The number of nitro groups is 2. The van der Waals surface area contributed by atoms with Crippen LogP contribution in [-0.2, 0) is 19.0 Å². The Kier molecular flexibility index (Phi) is 5.62. The number of esters is 1. The van der Waals surface area contributed by atoms with E-state index in [9.17, 15) is 25.0 Å². The van der Waals surface area contributed by atoms with Gasteiger partial charge in [-0.1, -0.05) is 0 Å². The molecular weight excluding hydrogens is 372 g/mol. The lowest BCUT2D eigenvalue weighted by atomic mass is 10.0. The van der Waals surface area contributed by atoms with Crippen molar-refractivity contribution in [2.24, 2.45) is 0 Å². The molecule has 0 amide bonds. The van der Waals surface area contributed by atoms with E-state index in [0.29, 0.717) is 11.1 Å². The Bertz CT molecular complexity index is 881. The van der Waals surface area contributed by atoms with Crippen LogP contribution in [0.4, 0.5) is 11.4 Å². The number of rotatable bonds is 6. The van der Waals surface area contributed by atoms with Crippen molar-refractivity contribution in [1.82, 2.24) is 0 Å².